The van der Waals surface area contributed by atoms with Gasteiger partial charge in [0, 0.05) is 18.5 Å². The molecule has 0 unspecified atom stereocenters. The molecule has 0 bridgehead atoms. The quantitative estimate of drug-likeness (QED) is 0.558. The summed E-state index contributed by atoms with van der Waals surface area (Å²) in [6, 6.07) is 0. The summed E-state index contributed by atoms with van der Waals surface area (Å²) in [5.41, 5.74) is 1.79. The van der Waals surface area contributed by atoms with E-state index >= 15 is 0 Å². The number of rotatable bonds is 0. The molecule has 0 radical (unpaired) electrons. The van der Waals surface area contributed by atoms with Crippen molar-refractivity contribution in [2.75, 3.05) is 0 Å². The Bertz CT molecular complexity index is 136. The molecule has 0 spiro atoms. The number of thiazole rings is 1. The molecule has 11 heavy (non-hydrogen) atoms. The Morgan fingerprint density at radius 1 is 1.64 bits per heavy atom. The second kappa shape index (κ2) is 12.5. The third-order valence-electron chi connectivity index (χ3n) is 0.347. The fourth-order valence-electron chi connectivity index (χ4n) is 0.176. The Labute approximate surface area is 84.7 Å². The van der Waals surface area contributed by atoms with Gasteiger partial charge in [-0.05, 0) is 0 Å². The van der Waals surface area contributed by atoms with Crippen molar-refractivity contribution in [1.82, 2.24) is 4.98 Å². The van der Waals surface area contributed by atoms with Crippen molar-refractivity contribution in [2.24, 2.45) is 0 Å². The molecule has 0 saturated carbocycles. The lowest BCUT2D eigenvalue weighted by Crippen LogP contribution is -1.78. The molecule has 0 amide bonds. The first-order chi connectivity index (χ1) is 4.23. The van der Waals surface area contributed by atoms with Crippen molar-refractivity contribution >= 4 is 40.4 Å². The molecule has 0 atom stereocenters. The molecule has 1 heterocycles. The fourth-order valence-corrected chi connectivity index (χ4v) is 0.527. The van der Waals surface area contributed by atoms with Crippen LogP contribution in [0.25, 0.3) is 0 Å². The molecule has 0 aliphatic heterocycles. The van der Waals surface area contributed by atoms with Crippen LogP contribution in [0.4, 0.5) is 0 Å². The molecular weight excluding hydrogens is 178 g/mol. The topological polar surface area (TPSA) is 81.7 Å². The Morgan fingerprint density at radius 2 is 2.09 bits per heavy atom. The molecule has 3 N–H and O–H groups in total. The number of hydrogen-bond donors (Lipinski definition) is 1. The van der Waals surface area contributed by atoms with Crippen molar-refractivity contribution in [2.45, 2.75) is 6.92 Å². The second-order valence-corrected chi connectivity index (χ2v) is 1.95. The number of carbonyl (C=O) groups is 1. The summed E-state index contributed by atoms with van der Waals surface area (Å²) in [6.07, 6.45) is 1.77. The summed E-state index contributed by atoms with van der Waals surface area (Å²) < 4.78 is 0. The minimum absolute atomic E-state index is 0. The van der Waals surface area contributed by atoms with Crippen molar-refractivity contribution in [1.29, 1.82) is 0 Å². The number of carboxylic acids is 1. The van der Waals surface area contributed by atoms with Gasteiger partial charge in [0.1, 0.15) is 0 Å². The van der Waals surface area contributed by atoms with Crippen LogP contribution in [0.3, 0.4) is 0 Å². The van der Waals surface area contributed by atoms with Gasteiger partial charge < -0.3 is 10.6 Å². The average molecular weight is 190 g/mol. The number of nitrogens with zero attached hydrogens (tertiary/aromatic N) is 1. The van der Waals surface area contributed by atoms with Gasteiger partial charge in [-0.2, -0.15) is 0 Å². The van der Waals surface area contributed by atoms with Crippen LogP contribution in [-0.4, -0.2) is 44.6 Å². The normalized spacial score (nSPS) is 5.91. The highest BCUT2D eigenvalue weighted by molar-refractivity contribution is 7.07. The van der Waals surface area contributed by atoms with E-state index in [1.807, 2.05) is 5.38 Å². The summed E-state index contributed by atoms with van der Waals surface area (Å²) in [4.78, 5) is 12.7. The highest BCUT2D eigenvalue weighted by Crippen LogP contribution is 1.85. The number of carboxylic acid groups (broad SMARTS) is 1. The zero-order chi connectivity index (χ0) is 7.11. The molecule has 1 aromatic rings. The molecule has 6 heteroatoms. The maximum Gasteiger partial charge on any atom is 0.316 e. The van der Waals surface area contributed by atoms with Crippen LogP contribution in [0, 0.1) is 0 Å². The maximum atomic E-state index is 9.00. The van der Waals surface area contributed by atoms with Crippen LogP contribution < -0.4 is 0 Å². The molecule has 0 aromatic carbocycles. The first kappa shape index (κ1) is 17.1. The van der Waals surface area contributed by atoms with Gasteiger partial charge in [-0.1, -0.05) is 0 Å². The predicted molar refractivity (Wildman–Crippen MR) is 47.6 cm³/mol. The Hall–Kier alpha value is -0.174. The highest BCUT2D eigenvalue weighted by Gasteiger charge is 1.65. The largest absolute Gasteiger partial charge is 0.481 e. The molecule has 0 aliphatic rings. The molecule has 0 saturated heterocycles. The van der Waals surface area contributed by atoms with E-state index in [0.717, 1.165) is 6.92 Å². The Balaban J connectivity index is -0.000000101. The summed E-state index contributed by atoms with van der Waals surface area (Å²) >= 11 is 1.60. The molecule has 0 fully saturated rings. The summed E-state index contributed by atoms with van der Waals surface area (Å²) in [5.74, 6) is -0.833. The predicted octanol–water partition coefficient (Wildman–Crippen LogP) is -0.507. The highest BCUT2D eigenvalue weighted by atomic mass is 32.1. The van der Waals surface area contributed by atoms with E-state index in [1.54, 1.807) is 23.0 Å². The minimum atomic E-state index is -0.833. The number of hydrogen-bond acceptors (Lipinski definition) is 3. The smallest absolute Gasteiger partial charge is 0.316 e. The van der Waals surface area contributed by atoms with Gasteiger partial charge >= 0.3 is 23.1 Å². The van der Waals surface area contributed by atoms with Crippen LogP contribution >= 0.6 is 11.3 Å². The number of aromatic nitrogens is 1. The van der Waals surface area contributed by atoms with Gasteiger partial charge in [-0.25, -0.2) is 0 Å². The van der Waals surface area contributed by atoms with E-state index in [0.29, 0.717) is 0 Å². The number of aliphatic carboxylic acids is 1. The maximum absolute atomic E-state index is 9.00. The van der Waals surface area contributed by atoms with E-state index in [2.05, 4.69) is 4.98 Å². The average Bonchev–Trinajstić information content (AvgIpc) is 2.11. The molecule has 1 rings (SSSR count). The van der Waals surface area contributed by atoms with Crippen LogP contribution in [0.1, 0.15) is 6.92 Å². The first-order valence-electron chi connectivity index (χ1n) is 2.25. The lowest BCUT2D eigenvalue weighted by Gasteiger charge is -1.59. The first-order valence-corrected chi connectivity index (χ1v) is 3.19. The van der Waals surface area contributed by atoms with Crippen molar-refractivity contribution in [3.8, 4) is 0 Å². The molecule has 62 valence electrons. The summed E-state index contributed by atoms with van der Waals surface area (Å²) in [6.45, 7) is 1.08. The zero-order valence-corrected chi connectivity index (χ0v) is 6.26. The SMILES string of the molecule is CC(=O)O.O.[MgH2].c1cscn1. The standard InChI is InChI=1S/C3H3NS.C2H4O2.Mg.H2O.2H/c1-2-5-3-4-1;1-2(3)4;;;;/h1-3H;1H3,(H,3,4);;1H2;;. The zero-order valence-electron chi connectivity index (χ0n) is 5.44. The molecule has 1 aromatic heterocycles. The lowest BCUT2D eigenvalue weighted by molar-refractivity contribution is -0.134. The van der Waals surface area contributed by atoms with Gasteiger partial charge in [-0.15, -0.1) is 11.3 Å². The van der Waals surface area contributed by atoms with Crippen molar-refractivity contribution in [3.05, 3.63) is 17.1 Å². The van der Waals surface area contributed by atoms with Gasteiger partial charge in [0.25, 0.3) is 5.97 Å². The van der Waals surface area contributed by atoms with Crippen LogP contribution in [0.15, 0.2) is 17.1 Å². The minimum Gasteiger partial charge on any atom is -0.481 e. The van der Waals surface area contributed by atoms with Crippen molar-refractivity contribution in [3.63, 3.8) is 0 Å². The van der Waals surface area contributed by atoms with E-state index in [1.165, 1.54) is 0 Å². The van der Waals surface area contributed by atoms with Crippen LogP contribution in [-0.2, 0) is 4.79 Å². The van der Waals surface area contributed by atoms with Gasteiger partial charge in [0.05, 0.1) is 5.51 Å². The summed E-state index contributed by atoms with van der Waals surface area (Å²) in [7, 11) is 0. The third-order valence-corrected chi connectivity index (χ3v) is 0.869. The van der Waals surface area contributed by atoms with Crippen LogP contribution in [0.2, 0.25) is 0 Å². The van der Waals surface area contributed by atoms with Gasteiger partial charge in [0.15, 0.2) is 0 Å². The third kappa shape index (κ3) is 25.8. The second-order valence-electron chi connectivity index (χ2n) is 1.19. The van der Waals surface area contributed by atoms with Gasteiger partial charge in [0.2, 0.25) is 0 Å². The van der Waals surface area contributed by atoms with E-state index in [-0.39, 0.29) is 28.5 Å². The Morgan fingerprint density at radius 3 is 2.18 bits per heavy atom. The van der Waals surface area contributed by atoms with Crippen LogP contribution in [0.5, 0.6) is 0 Å². The molecule has 0 aliphatic carbocycles. The van der Waals surface area contributed by atoms with E-state index < -0.39 is 5.97 Å². The van der Waals surface area contributed by atoms with E-state index in [9.17, 15) is 0 Å². The van der Waals surface area contributed by atoms with Gasteiger partial charge in [-0.3, -0.25) is 9.78 Å². The lowest BCUT2D eigenvalue weighted by atomic mass is 10.9. The van der Waals surface area contributed by atoms with E-state index in [4.69, 9.17) is 9.90 Å². The monoisotopic (exact) mass is 189 g/mol. The molecular formula is C5H11MgNO3S. The summed E-state index contributed by atoms with van der Waals surface area (Å²) in [5, 5.41) is 9.35. The Kier molecular flexibility index (Phi) is 19.4. The fraction of sp³-hybridized carbons (Fsp3) is 0.200. The van der Waals surface area contributed by atoms with Crippen molar-refractivity contribution < 1.29 is 15.4 Å². The molecule has 4 nitrogen and oxygen atoms in total.